The number of amides is 1. The van der Waals surface area contributed by atoms with Gasteiger partial charge in [0.05, 0.1) is 23.1 Å². The van der Waals surface area contributed by atoms with Crippen LogP contribution in [0.15, 0.2) is 59.7 Å². The van der Waals surface area contributed by atoms with Crippen LogP contribution >= 0.6 is 0 Å². The summed E-state index contributed by atoms with van der Waals surface area (Å²) in [6.45, 7) is 5.35. The van der Waals surface area contributed by atoms with Crippen molar-refractivity contribution < 1.29 is 18.1 Å². The van der Waals surface area contributed by atoms with Gasteiger partial charge in [-0.05, 0) is 44.5 Å². The highest BCUT2D eigenvalue weighted by Gasteiger charge is 2.22. The van der Waals surface area contributed by atoms with Crippen molar-refractivity contribution in [3.8, 4) is 5.69 Å². The second-order valence-corrected chi connectivity index (χ2v) is 9.69. The fourth-order valence-corrected chi connectivity index (χ4v) is 4.45. The molecule has 1 amide bonds. The average molecular weight is 484 g/mol. The maximum absolute atomic E-state index is 12.4. The molecule has 0 saturated heterocycles. The number of nitro groups is 1. The number of hydrogen-bond acceptors (Lipinski definition) is 6. The third-order valence-electron chi connectivity index (χ3n) is 5.24. The summed E-state index contributed by atoms with van der Waals surface area (Å²) in [6.07, 6.45) is 2.41. The average Bonchev–Trinajstić information content (AvgIpc) is 3.04. The first-order chi connectivity index (χ1) is 16.0. The molecule has 0 fully saturated rings. The molecule has 0 aliphatic heterocycles. The number of aromatic nitrogens is 1. The van der Waals surface area contributed by atoms with E-state index >= 15 is 0 Å². The molecule has 2 aromatic carbocycles. The van der Waals surface area contributed by atoms with Crippen LogP contribution in [0.5, 0.6) is 0 Å². The number of rotatable bonds is 8. The molecule has 0 bridgehead atoms. The zero-order chi connectivity index (χ0) is 25.0. The Labute approximate surface area is 197 Å². The number of benzene rings is 2. The van der Waals surface area contributed by atoms with E-state index < -0.39 is 27.4 Å². The Hall–Kier alpha value is -3.99. The number of aryl methyl sites for hydroxylation is 2. The summed E-state index contributed by atoms with van der Waals surface area (Å²) in [7, 11) is -3.88. The van der Waals surface area contributed by atoms with Crippen LogP contribution in [0, 0.1) is 30.9 Å². The number of nitrogens with one attached hydrogen (secondary N) is 1. The first-order valence-corrected chi connectivity index (χ1v) is 12.1. The number of hydrazone groups is 1. The van der Waals surface area contributed by atoms with Crippen LogP contribution in [0.4, 0.5) is 11.4 Å². The second kappa shape index (κ2) is 9.87. The summed E-state index contributed by atoms with van der Waals surface area (Å²) in [5.74, 6) is -0.694. The Balaban J connectivity index is 1.77. The number of carbonyl (C=O) groups excluding carboxylic acids is 1. The topological polar surface area (TPSA) is 127 Å². The molecule has 11 heteroatoms. The smallest absolute Gasteiger partial charge is 0.271 e. The molecule has 1 heterocycles. The van der Waals surface area contributed by atoms with Crippen LogP contribution in [-0.2, 0) is 14.8 Å². The van der Waals surface area contributed by atoms with E-state index in [4.69, 9.17) is 0 Å². The lowest BCUT2D eigenvalue weighted by molar-refractivity contribution is -0.384. The van der Waals surface area contributed by atoms with Crippen LogP contribution in [0.25, 0.3) is 5.69 Å². The highest BCUT2D eigenvalue weighted by atomic mass is 32.2. The summed E-state index contributed by atoms with van der Waals surface area (Å²) < 4.78 is 27.3. The third-order valence-corrected chi connectivity index (χ3v) is 6.38. The molecule has 178 valence electrons. The van der Waals surface area contributed by atoms with Crippen LogP contribution in [0.1, 0.15) is 22.5 Å². The summed E-state index contributed by atoms with van der Waals surface area (Å²) in [6, 6.07) is 15.0. The first-order valence-electron chi connectivity index (χ1n) is 10.3. The van der Waals surface area contributed by atoms with Crippen molar-refractivity contribution in [1.29, 1.82) is 0 Å². The standard InChI is InChI=1S/C23H25N5O5S/c1-16-8-5-6-11-22(16)27-17(2)12-19(18(27)3)14-24-25-23(29)15-26(34(4,32)33)20-9-7-10-21(13-20)28(30)31/h5-14H,15H2,1-4H3,(H,25,29)/b24-14-. The van der Waals surface area contributed by atoms with Gasteiger partial charge in [0.1, 0.15) is 6.54 Å². The van der Waals surface area contributed by atoms with Gasteiger partial charge in [-0.15, -0.1) is 0 Å². The molecular formula is C23H25N5O5S. The first kappa shape index (κ1) is 24.6. The molecule has 3 aromatic rings. The Bertz CT molecular complexity index is 1380. The van der Waals surface area contributed by atoms with Crippen molar-refractivity contribution in [2.45, 2.75) is 20.8 Å². The van der Waals surface area contributed by atoms with Gasteiger partial charge in [0, 0.05) is 34.8 Å². The minimum Gasteiger partial charge on any atom is -0.318 e. The van der Waals surface area contributed by atoms with Crippen LogP contribution < -0.4 is 9.73 Å². The van der Waals surface area contributed by atoms with Crippen LogP contribution in [0.3, 0.4) is 0 Å². The van der Waals surface area contributed by atoms with E-state index in [0.29, 0.717) is 0 Å². The molecule has 10 nitrogen and oxygen atoms in total. The van der Waals surface area contributed by atoms with E-state index in [1.54, 1.807) is 0 Å². The molecule has 0 aliphatic carbocycles. The lowest BCUT2D eigenvalue weighted by atomic mass is 10.2. The summed E-state index contributed by atoms with van der Waals surface area (Å²) in [5.41, 5.74) is 6.93. The van der Waals surface area contributed by atoms with E-state index in [2.05, 4.69) is 15.1 Å². The summed E-state index contributed by atoms with van der Waals surface area (Å²) in [5, 5.41) is 15.0. The zero-order valence-electron chi connectivity index (χ0n) is 19.2. The normalized spacial score (nSPS) is 11.5. The number of nitrogens with zero attached hydrogens (tertiary/aromatic N) is 4. The van der Waals surface area contributed by atoms with Crippen LogP contribution in [0.2, 0.25) is 0 Å². The molecular weight excluding hydrogens is 458 g/mol. The molecule has 34 heavy (non-hydrogen) atoms. The lowest BCUT2D eigenvalue weighted by Gasteiger charge is -2.21. The summed E-state index contributed by atoms with van der Waals surface area (Å²) >= 11 is 0. The van der Waals surface area contributed by atoms with Crippen molar-refractivity contribution in [2.75, 3.05) is 17.1 Å². The van der Waals surface area contributed by atoms with E-state index in [1.165, 1.54) is 24.4 Å². The SMILES string of the molecule is Cc1ccccc1-n1c(C)cc(/C=N\NC(=O)CN(c2cccc([N+](=O)[O-])c2)S(C)(=O)=O)c1C. The molecule has 1 N–H and O–H groups in total. The molecule has 3 rings (SSSR count). The van der Waals surface area contributed by atoms with Gasteiger partial charge in [-0.25, -0.2) is 13.8 Å². The number of nitro benzene ring substituents is 1. The van der Waals surface area contributed by atoms with Gasteiger partial charge in [0.25, 0.3) is 11.6 Å². The molecule has 0 radical (unpaired) electrons. The van der Waals surface area contributed by atoms with E-state index in [1.807, 2.05) is 51.1 Å². The van der Waals surface area contributed by atoms with Gasteiger partial charge >= 0.3 is 0 Å². The Kier molecular flexibility index (Phi) is 7.16. The Morgan fingerprint density at radius 2 is 1.85 bits per heavy atom. The Morgan fingerprint density at radius 1 is 1.15 bits per heavy atom. The predicted molar refractivity (Wildman–Crippen MR) is 131 cm³/mol. The number of sulfonamides is 1. The van der Waals surface area contributed by atoms with Gasteiger partial charge in [0.15, 0.2) is 0 Å². The number of para-hydroxylation sites is 1. The minimum atomic E-state index is -3.88. The van der Waals surface area contributed by atoms with Crippen molar-refractivity contribution in [3.05, 3.63) is 87.2 Å². The van der Waals surface area contributed by atoms with Crippen molar-refractivity contribution in [3.63, 3.8) is 0 Å². The van der Waals surface area contributed by atoms with Gasteiger partial charge in [-0.1, -0.05) is 24.3 Å². The number of anilines is 1. The van der Waals surface area contributed by atoms with Crippen molar-refractivity contribution in [1.82, 2.24) is 9.99 Å². The van der Waals surface area contributed by atoms with E-state index in [0.717, 1.165) is 44.8 Å². The highest BCUT2D eigenvalue weighted by Crippen LogP contribution is 2.24. The number of hydrogen-bond donors (Lipinski definition) is 1. The van der Waals surface area contributed by atoms with Crippen LogP contribution in [-0.4, -0.2) is 42.8 Å². The molecule has 1 aromatic heterocycles. The monoisotopic (exact) mass is 483 g/mol. The fourth-order valence-electron chi connectivity index (χ4n) is 3.60. The number of non-ortho nitro benzene ring substituents is 1. The minimum absolute atomic E-state index is 0.0117. The van der Waals surface area contributed by atoms with Crippen molar-refractivity contribution >= 4 is 33.5 Å². The number of carbonyl (C=O) groups is 1. The lowest BCUT2D eigenvalue weighted by Crippen LogP contribution is -2.39. The van der Waals surface area contributed by atoms with E-state index in [-0.39, 0.29) is 11.4 Å². The van der Waals surface area contributed by atoms with Gasteiger partial charge in [-0.2, -0.15) is 5.10 Å². The van der Waals surface area contributed by atoms with E-state index in [9.17, 15) is 23.3 Å². The second-order valence-electron chi connectivity index (χ2n) is 7.79. The predicted octanol–water partition coefficient (Wildman–Crippen LogP) is 3.23. The largest absolute Gasteiger partial charge is 0.318 e. The molecule has 0 aliphatic rings. The summed E-state index contributed by atoms with van der Waals surface area (Å²) in [4.78, 5) is 22.8. The van der Waals surface area contributed by atoms with Gasteiger partial charge in [0.2, 0.25) is 10.0 Å². The molecule has 0 saturated carbocycles. The maximum Gasteiger partial charge on any atom is 0.271 e. The fraction of sp³-hybridized carbons (Fsp3) is 0.217. The molecule has 0 unspecified atom stereocenters. The quantitative estimate of drug-likeness (QED) is 0.299. The third kappa shape index (κ3) is 5.49. The van der Waals surface area contributed by atoms with Gasteiger partial charge in [-0.3, -0.25) is 19.2 Å². The zero-order valence-corrected chi connectivity index (χ0v) is 20.0. The van der Waals surface area contributed by atoms with Gasteiger partial charge < -0.3 is 4.57 Å². The molecule has 0 atom stereocenters. The highest BCUT2D eigenvalue weighted by molar-refractivity contribution is 7.92. The molecule has 0 spiro atoms. The maximum atomic E-state index is 12.4. The Morgan fingerprint density at radius 3 is 2.50 bits per heavy atom. The van der Waals surface area contributed by atoms with Crippen molar-refractivity contribution in [2.24, 2.45) is 5.10 Å².